The number of primary amides is 1. The third kappa shape index (κ3) is 3.48. The second kappa shape index (κ2) is 9.07. The molecule has 0 bridgehead atoms. The van der Waals surface area contributed by atoms with Gasteiger partial charge in [-0.05, 0) is 69.1 Å². The number of aliphatic hydroxyl groups excluding tert-OH is 2. The molecular formula is C28H31N3O7. The van der Waals surface area contributed by atoms with E-state index >= 15 is 0 Å². The average Bonchev–Trinajstić information content (AvgIpc) is 2.83. The highest BCUT2D eigenvalue weighted by Gasteiger charge is 2.64. The van der Waals surface area contributed by atoms with E-state index in [0.29, 0.717) is 22.4 Å². The van der Waals surface area contributed by atoms with E-state index in [-0.39, 0.29) is 37.2 Å². The number of aliphatic hydroxyl groups is 3. The minimum Gasteiger partial charge on any atom is -0.508 e. The van der Waals surface area contributed by atoms with Crippen molar-refractivity contribution in [3.05, 3.63) is 64.1 Å². The summed E-state index contributed by atoms with van der Waals surface area (Å²) in [6, 6.07) is 6.01. The number of aromatic hydroxyl groups is 1. The van der Waals surface area contributed by atoms with Crippen molar-refractivity contribution in [2.75, 3.05) is 14.1 Å². The standard InChI is InChI=1S/C27H27N3O7.CH4/c1-11-8-13(16-6-4-5-7-29-16)14-9-12-10-15-20(30(2)3)23(33)19(26(28)36)25(35)27(15,37)24(34)17(12)22(32)18(14)21(11)31;/h4-8,12,15,20,31-32,35,37H,9-10H2,1-3H3,(H2,28,36);1H4/t12-,15-,20-,27-;/m0./s1. The first-order valence-corrected chi connectivity index (χ1v) is 11.8. The van der Waals surface area contributed by atoms with E-state index in [1.54, 1.807) is 45.4 Å². The first-order chi connectivity index (χ1) is 17.4. The molecule has 1 aromatic carbocycles. The number of phenolic OH excluding ortho intramolecular Hbond substituents is 1. The van der Waals surface area contributed by atoms with E-state index in [1.165, 1.54) is 4.90 Å². The summed E-state index contributed by atoms with van der Waals surface area (Å²) in [5.74, 6) is -6.70. The lowest BCUT2D eigenvalue weighted by Crippen LogP contribution is -2.65. The topological polar surface area (TPSA) is 174 Å². The molecule has 3 aliphatic carbocycles. The van der Waals surface area contributed by atoms with Crippen molar-refractivity contribution >= 4 is 23.2 Å². The molecular weight excluding hydrogens is 490 g/mol. The Morgan fingerprint density at radius 3 is 2.45 bits per heavy atom. The minimum absolute atomic E-state index is 0. The van der Waals surface area contributed by atoms with Gasteiger partial charge in [0.05, 0.1) is 17.3 Å². The Morgan fingerprint density at radius 2 is 1.87 bits per heavy atom. The van der Waals surface area contributed by atoms with Crippen LogP contribution in [0.5, 0.6) is 5.75 Å². The van der Waals surface area contributed by atoms with E-state index in [4.69, 9.17) is 5.73 Å². The van der Waals surface area contributed by atoms with Crippen LogP contribution in [-0.4, -0.2) is 73.5 Å². The molecule has 0 unspecified atom stereocenters. The predicted molar refractivity (Wildman–Crippen MR) is 139 cm³/mol. The van der Waals surface area contributed by atoms with Crippen LogP contribution in [0.1, 0.15) is 30.5 Å². The molecule has 1 fully saturated rings. The molecule has 38 heavy (non-hydrogen) atoms. The van der Waals surface area contributed by atoms with Gasteiger partial charge in [0, 0.05) is 23.3 Å². The average molecular weight is 522 g/mol. The smallest absolute Gasteiger partial charge is 0.255 e. The molecule has 6 N–H and O–H groups in total. The summed E-state index contributed by atoms with van der Waals surface area (Å²) < 4.78 is 0. The van der Waals surface area contributed by atoms with Gasteiger partial charge in [-0.3, -0.25) is 24.3 Å². The Bertz CT molecular complexity index is 1440. The predicted octanol–water partition coefficient (Wildman–Crippen LogP) is 1.97. The largest absolute Gasteiger partial charge is 0.508 e. The Morgan fingerprint density at radius 1 is 1.18 bits per heavy atom. The lowest BCUT2D eigenvalue weighted by Gasteiger charge is -2.50. The van der Waals surface area contributed by atoms with Crippen molar-refractivity contribution in [2.24, 2.45) is 17.6 Å². The van der Waals surface area contributed by atoms with Crippen molar-refractivity contribution in [3.8, 4) is 17.0 Å². The van der Waals surface area contributed by atoms with Crippen molar-refractivity contribution < 1.29 is 34.8 Å². The highest BCUT2D eigenvalue weighted by Crippen LogP contribution is 2.53. The first kappa shape index (κ1) is 27.0. The quantitative estimate of drug-likeness (QED) is 0.378. The van der Waals surface area contributed by atoms with Gasteiger partial charge in [-0.25, -0.2) is 0 Å². The normalized spacial score (nSPS) is 26.5. The van der Waals surface area contributed by atoms with E-state index < -0.39 is 58.0 Å². The number of carbonyl (C=O) groups is 3. The maximum atomic E-state index is 13.9. The molecule has 2 aromatic rings. The number of pyridine rings is 1. The fourth-order valence-electron chi connectivity index (χ4n) is 6.20. The van der Waals surface area contributed by atoms with Crippen molar-refractivity contribution in [3.63, 3.8) is 0 Å². The third-order valence-corrected chi connectivity index (χ3v) is 7.85. The van der Waals surface area contributed by atoms with Crippen LogP contribution < -0.4 is 5.73 Å². The van der Waals surface area contributed by atoms with Gasteiger partial charge in [0.1, 0.15) is 22.8 Å². The van der Waals surface area contributed by atoms with Crippen molar-refractivity contribution in [1.82, 2.24) is 9.88 Å². The molecule has 1 saturated carbocycles. The van der Waals surface area contributed by atoms with E-state index in [2.05, 4.69) is 4.98 Å². The molecule has 4 atom stereocenters. The number of nitrogens with two attached hydrogens (primary N) is 1. The zero-order valence-corrected chi connectivity index (χ0v) is 20.5. The number of benzene rings is 1. The second-order valence-corrected chi connectivity index (χ2v) is 10.1. The molecule has 0 radical (unpaired) electrons. The Balaban J connectivity index is 0.00000336. The fraction of sp³-hybridized carbons (Fsp3) is 0.357. The monoisotopic (exact) mass is 521 g/mol. The number of hydrogen-bond donors (Lipinski definition) is 5. The summed E-state index contributed by atoms with van der Waals surface area (Å²) in [7, 11) is 3.13. The number of ketones is 2. The molecule has 1 heterocycles. The zero-order chi connectivity index (χ0) is 27.0. The highest BCUT2D eigenvalue weighted by atomic mass is 16.3. The molecule has 3 aliphatic rings. The van der Waals surface area contributed by atoms with Gasteiger partial charge in [0.15, 0.2) is 11.4 Å². The maximum absolute atomic E-state index is 13.9. The highest BCUT2D eigenvalue weighted by molar-refractivity contribution is 6.24. The fourth-order valence-corrected chi connectivity index (χ4v) is 6.20. The van der Waals surface area contributed by atoms with Crippen LogP contribution in [0, 0.1) is 18.8 Å². The number of Topliss-reactive ketones (excluding diaryl/α,β-unsaturated/α-hetero) is 2. The SMILES string of the molecule is C.Cc1cc(-c2ccccn2)c2c(c1O)C(O)=C1C(=O)[C@]3(O)C(O)=C(C(N)=O)C(=O)[C@@H](N(C)C)[C@@H]3C[C@@H]1C2. The molecule has 0 saturated heterocycles. The van der Waals surface area contributed by atoms with Gasteiger partial charge in [0.2, 0.25) is 5.78 Å². The van der Waals surface area contributed by atoms with E-state index in [1.807, 2.05) is 6.07 Å². The Kier molecular flexibility index (Phi) is 6.45. The molecule has 10 nitrogen and oxygen atoms in total. The summed E-state index contributed by atoms with van der Waals surface area (Å²) in [5, 5.41) is 44.9. The number of carbonyl (C=O) groups excluding carboxylic acids is 3. The Hall–Kier alpha value is -4.02. The van der Waals surface area contributed by atoms with Crippen molar-refractivity contribution in [2.45, 2.75) is 38.8 Å². The van der Waals surface area contributed by atoms with Gasteiger partial charge in [0.25, 0.3) is 5.91 Å². The summed E-state index contributed by atoms with van der Waals surface area (Å²) in [4.78, 5) is 45.0. The van der Waals surface area contributed by atoms with Crippen molar-refractivity contribution in [1.29, 1.82) is 0 Å². The molecule has 0 aliphatic heterocycles. The molecule has 1 amide bonds. The van der Waals surface area contributed by atoms with Crippen LogP contribution in [0.25, 0.3) is 17.0 Å². The summed E-state index contributed by atoms with van der Waals surface area (Å²) in [6.45, 7) is 1.65. The maximum Gasteiger partial charge on any atom is 0.255 e. The van der Waals surface area contributed by atoms with Crippen LogP contribution in [0.3, 0.4) is 0 Å². The molecule has 5 rings (SSSR count). The minimum atomic E-state index is -2.66. The van der Waals surface area contributed by atoms with Gasteiger partial charge < -0.3 is 26.2 Å². The number of aryl methyl sites for hydroxylation is 1. The van der Waals surface area contributed by atoms with Gasteiger partial charge >= 0.3 is 0 Å². The molecule has 1 aromatic heterocycles. The van der Waals surface area contributed by atoms with Crippen LogP contribution in [0.4, 0.5) is 0 Å². The first-order valence-electron chi connectivity index (χ1n) is 11.8. The summed E-state index contributed by atoms with van der Waals surface area (Å²) in [5.41, 5.74) is 4.03. The van der Waals surface area contributed by atoms with Gasteiger partial charge in [-0.15, -0.1) is 0 Å². The lowest BCUT2D eigenvalue weighted by molar-refractivity contribution is -0.153. The second-order valence-electron chi connectivity index (χ2n) is 10.1. The van der Waals surface area contributed by atoms with Crippen LogP contribution in [-0.2, 0) is 20.8 Å². The number of hydrogen-bond acceptors (Lipinski definition) is 9. The zero-order valence-electron chi connectivity index (χ0n) is 20.5. The number of aromatic nitrogens is 1. The van der Waals surface area contributed by atoms with E-state index in [0.717, 1.165) is 0 Å². The summed E-state index contributed by atoms with van der Waals surface area (Å²) >= 11 is 0. The third-order valence-electron chi connectivity index (χ3n) is 7.85. The summed E-state index contributed by atoms with van der Waals surface area (Å²) in [6.07, 6.45) is 1.86. The number of nitrogens with zero attached hydrogens (tertiary/aromatic N) is 2. The van der Waals surface area contributed by atoms with Crippen LogP contribution in [0.2, 0.25) is 0 Å². The van der Waals surface area contributed by atoms with E-state index in [9.17, 15) is 34.8 Å². The lowest BCUT2D eigenvalue weighted by atomic mass is 9.57. The van der Waals surface area contributed by atoms with Crippen LogP contribution >= 0.6 is 0 Å². The number of rotatable bonds is 3. The van der Waals surface area contributed by atoms with Gasteiger partial charge in [-0.1, -0.05) is 13.5 Å². The number of phenols is 1. The van der Waals surface area contributed by atoms with Gasteiger partial charge in [-0.2, -0.15) is 0 Å². The number of amides is 1. The molecule has 200 valence electrons. The molecule has 0 spiro atoms. The molecule has 10 heteroatoms. The number of likely N-dealkylation sites (N-methyl/N-ethyl adjacent to an activating group) is 1. The number of fused-ring (bicyclic) bond motifs is 3. The Labute approximate surface area is 219 Å². The van der Waals surface area contributed by atoms with Crippen LogP contribution in [0.15, 0.2) is 47.4 Å².